The van der Waals surface area contributed by atoms with Crippen LogP contribution in [0.25, 0.3) is 6.08 Å². The van der Waals surface area contributed by atoms with E-state index in [1.165, 1.54) is 39.4 Å². The zero-order chi connectivity index (χ0) is 22.4. The number of carbonyl (C=O) groups is 5. The maximum atomic E-state index is 12.9. The van der Waals surface area contributed by atoms with Gasteiger partial charge in [-0.05, 0) is 37.6 Å². The Labute approximate surface area is 173 Å². The van der Waals surface area contributed by atoms with Crippen LogP contribution in [0.1, 0.15) is 29.8 Å². The minimum atomic E-state index is -1.69. The first kappa shape index (κ1) is 22.8. The molecule has 1 aromatic carbocycles. The quantitative estimate of drug-likeness (QED) is 0.291. The maximum Gasteiger partial charge on any atom is 0.337 e. The van der Waals surface area contributed by atoms with Crippen LogP contribution in [0.5, 0.6) is 0 Å². The van der Waals surface area contributed by atoms with E-state index in [9.17, 15) is 24.0 Å². The molecule has 160 valence electrons. The van der Waals surface area contributed by atoms with Crippen molar-refractivity contribution in [3.8, 4) is 0 Å². The number of piperidine rings is 1. The van der Waals surface area contributed by atoms with Gasteiger partial charge in [0, 0.05) is 5.57 Å². The van der Waals surface area contributed by atoms with E-state index in [0.29, 0.717) is 11.1 Å². The summed E-state index contributed by atoms with van der Waals surface area (Å²) in [7, 11) is 2.45. The van der Waals surface area contributed by atoms with Gasteiger partial charge in [-0.3, -0.25) is 14.4 Å². The Bertz CT molecular complexity index is 887. The normalized spacial score (nSPS) is 18.7. The minimum absolute atomic E-state index is 0.00349. The molecule has 1 aliphatic heterocycles. The molecule has 9 nitrogen and oxygen atoms in total. The molecule has 2 rings (SSSR count). The van der Waals surface area contributed by atoms with E-state index < -0.39 is 41.6 Å². The number of hydrogen-bond donors (Lipinski definition) is 0. The van der Waals surface area contributed by atoms with E-state index in [4.69, 9.17) is 4.74 Å². The largest absolute Gasteiger partial charge is 0.467 e. The number of hydrogen-bond acceptors (Lipinski definition) is 8. The molecule has 0 aromatic heterocycles. The number of carbonyl (C=O) groups excluding carboxylic acids is 5. The Morgan fingerprint density at radius 2 is 1.77 bits per heavy atom. The van der Waals surface area contributed by atoms with Crippen molar-refractivity contribution in [3.63, 3.8) is 0 Å². The van der Waals surface area contributed by atoms with Crippen LogP contribution in [-0.4, -0.2) is 67.9 Å². The number of rotatable bonds is 6. The van der Waals surface area contributed by atoms with Gasteiger partial charge in [-0.25, -0.2) is 9.59 Å². The fourth-order valence-electron chi connectivity index (χ4n) is 3.01. The van der Waals surface area contributed by atoms with E-state index >= 15 is 0 Å². The minimum Gasteiger partial charge on any atom is -0.467 e. The Kier molecular flexibility index (Phi) is 7.46. The fourth-order valence-corrected chi connectivity index (χ4v) is 3.01. The summed E-state index contributed by atoms with van der Waals surface area (Å²) in [6.07, 6.45) is 1.50. The molecule has 0 saturated carbocycles. The smallest absolute Gasteiger partial charge is 0.337 e. The van der Waals surface area contributed by atoms with E-state index in [1.807, 2.05) is 0 Å². The molecule has 30 heavy (non-hydrogen) atoms. The first-order valence-corrected chi connectivity index (χ1v) is 9.23. The van der Waals surface area contributed by atoms with E-state index in [0.717, 1.165) is 4.90 Å². The lowest BCUT2D eigenvalue weighted by atomic mass is 9.89. The second kappa shape index (κ2) is 9.82. The number of amides is 1. The van der Waals surface area contributed by atoms with Gasteiger partial charge in [-0.15, -0.1) is 0 Å². The van der Waals surface area contributed by atoms with Crippen LogP contribution in [0.15, 0.2) is 29.8 Å². The van der Waals surface area contributed by atoms with E-state index in [1.54, 1.807) is 19.1 Å². The van der Waals surface area contributed by atoms with E-state index in [-0.39, 0.29) is 18.7 Å². The lowest BCUT2D eigenvalue weighted by Gasteiger charge is -2.34. The Morgan fingerprint density at radius 1 is 1.13 bits per heavy atom. The third-order valence-corrected chi connectivity index (χ3v) is 4.65. The van der Waals surface area contributed by atoms with Gasteiger partial charge in [0.2, 0.25) is 5.91 Å². The van der Waals surface area contributed by atoms with Crippen LogP contribution >= 0.6 is 0 Å². The lowest BCUT2D eigenvalue weighted by Crippen LogP contribution is -2.55. The standard InChI is InChI=1S/C21H23NO8/c1-5-30-21(27)16-17(23)15(11-22(18(16)24)12(2)19(25)28-3)10-13-6-8-14(9-7-13)20(26)29-4/h6-10,12,16H,5,11H2,1-4H3/b15-10+/t12-,16?/m0/s1. The van der Waals surface area contributed by atoms with Crippen molar-refractivity contribution in [1.29, 1.82) is 0 Å². The number of likely N-dealkylation sites (tertiary alicyclic amines) is 1. The summed E-state index contributed by atoms with van der Waals surface area (Å²) in [6, 6.07) is 5.23. The summed E-state index contributed by atoms with van der Waals surface area (Å²) in [5.41, 5.74) is 1.04. The first-order chi connectivity index (χ1) is 14.2. The predicted molar refractivity (Wildman–Crippen MR) is 104 cm³/mol. The number of Topliss-reactive ketones (excluding diaryl/α,β-unsaturated/α-hetero) is 1. The second-order valence-electron chi connectivity index (χ2n) is 6.50. The molecule has 1 fully saturated rings. The van der Waals surface area contributed by atoms with Gasteiger partial charge in [-0.2, -0.15) is 0 Å². The molecule has 1 heterocycles. The number of ether oxygens (including phenoxy) is 3. The number of benzene rings is 1. The Morgan fingerprint density at radius 3 is 2.30 bits per heavy atom. The zero-order valence-corrected chi connectivity index (χ0v) is 17.2. The second-order valence-corrected chi connectivity index (χ2v) is 6.50. The van der Waals surface area contributed by atoms with Gasteiger partial charge < -0.3 is 19.1 Å². The maximum absolute atomic E-state index is 12.9. The van der Waals surface area contributed by atoms with Gasteiger partial charge in [0.15, 0.2) is 11.7 Å². The lowest BCUT2D eigenvalue weighted by molar-refractivity contribution is -0.164. The highest BCUT2D eigenvalue weighted by Crippen LogP contribution is 2.25. The van der Waals surface area contributed by atoms with Gasteiger partial charge >= 0.3 is 17.9 Å². The van der Waals surface area contributed by atoms with Crippen LogP contribution in [-0.2, 0) is 33.4 Å². The van der Waals surface area contributed by atoms with Crippen LogP contribution in [0.3, 0.4) is 0 Å². The molecule has 9 heteroatoms. The molecule has 0 spiro atoms. The number of methoxy groups -OCH3 is 2. The summed E-state index contributed by atoms with van der Waals surface area (Å²) in [5.74, 6) is -5.35. The van der Waals surface area contributed by atoms with Crippen molar-refractivity contribution in [2.45, 2.75) is 19.9 Å². The van der Waals surface area contributed by atoms with Crippen LogP contribution in [0.4, 0.5) is 0 Å². The van der Waals surface area contributed by atoms with Crippen molar-refractivity contribution in [3.05, 3.63) is 41.0 Å². The Hall–Kier alpha value is -3.49. The van der Waals surface area contributed by atoms with Crippen LogP contribution < -0.4 is 0 Å². The highest BCUT2D eigenvalue weighted by atomic mass is 16.5. The molecule has 1 amide bonds. The number of ketones is 1. The van der Waals surface area contributed by atoms with Gasteiger partial charge in [0.1, 0.15) is 6.04 Å². The molecule has 2 atom stereocenters. The summed E-state index contributed by atoms with van der Waals surface area (Å²) >= 11 is 0. The highest BCUT2D eigenvalue weighted by Gasteiger charge is 2.46. The molecule has 1 aromatic rings. The van der Waals surface area contributed by atoms with Crippen LogP contribution in [0, 0.1) is 5.92 Å². The number of nitrogens with zero attached hydrogens (tertiary/aromatic N) is 1. The SMILES string of the molecule is CCOC(=O)C1C(=O)/C(=C/c2ccc(C(=O)OC)cc2)CN([C@@H](C)C(=O)OC)C1=O. The average Bonchev–Trinajstić information content (AvgIpc) is 2.74. The molecule has 0 radical (unpaired) electrons. The molecule has 0 N–H and O–H groups in total. The molecular weight excluding hydrogens is 394 g/mol. The van der Waals surface area contributed by atoms with Crippen LogP contribution in [0.2, 0.25) is 0 Å². The van der Waals surface area contributed by atoms with Crippen molar-refractivity contribution >= 4 is 35.7 Å². The zero-order valence-electron chi connectivity index (χ0n) is 17.2. The Balaban J connectivity index is 2.43. The molecule has 1 saturated heterocycles. The van der Waals surface area contributed by atoms with Crippen molar-refractivity contribution in [1.82, 2.24) is 4.90 Å². The molecule has 1 aliphatic rings. The fraction of sp³-hybridized carbons (Fsp3) is 0.381. The predicted octanol–water partition coefficient (Wildman–Crippen LogP) is 1.01. The molecule has 0 bridgehead atoms. The highest BCUT2D eigenvalue weighted by molar-refractivity contribution is 6.25. The first-order valence-electron chi connectivity index (χ1n) is 9.23. The summed E-state index contributed by atoms with van der Waals surface area (Å²) in [4.78, 5) is 62.6. The van der Waals surface area contributed by atoms with Gasteiger partial charge in [-0.1, -0.05) is 12.1 Å². The monoisotopic (exact) mass is 417 g/mol. The van der Waals surface area contributed by atoms with Gasteiger partial charge in [0.25, 0.3) is 0 Å². The van der Waals surface area contributed by atoms with Crippen molar-refractivity contribution in [2.24, 2.45) is 5.92 Å². The molecule has 0 aliphatic carbocycles. The third kappa shape index (κ3) is 4.73. The molecular formula is C21H23NO8. The topological polar surface area (TPSA) is 116 Å². The summed E-state index contributed by atoms with van der Waals surface area (Å²) in [6.45, 7) is 2.83. The third-order valence-electron chi connectivity index (χ3n) is 4.65. The van der Waals surface area contributed by atoms with Gasteiger partial charge in [0.05, 0.1) is 32.9 Å². The van der Waals surface area contributed by atoms with Crippen molar-refractivity contribution < 1.29 is 38.2 Å². The number of esters is 3. The van der Waals surface area contributed by atoms with Crippen molar-refractivity contribution in [2.75, 3.05) is 27.4 Å². The molecule has 1 unspecified atom stereocenters. The summed E-state index contributed by atoms with van der Waals surface area (Å²) in [5, 5.41) is 0. The average molecular weight is 417 g/mol. The van der Waals surface area contributed by atoms with E-state index in [2.05, 4.69) is 9.47 Å². The summed E-state index contributed by atoms with van der Waals surface area (Å²) < 4.78 is 14.2.